The van der Waals surface area contributed by atoms with Gasteiger partial charge in [0, 0.05) is 19.0 Å². The molecule has 1 saturated heterocycles. The molecule has 0 saturated carbocycles. The monoisotopic (exact) mass is 286 g/mol. The van der Waals surface area contributed by atoms with Crippen LogP contribution in [0.1, 0.15) is 34.6 Å². The van der Waals surface area contributed by atoms with E-state index in [0.29, 0.717) is 5.92 Å². The third-order valence-corrected chi connectivity index (χ3v) is 2.84. The minimum Gasteiger partial charge on any atom is -0.459 e. The molecule has 1 N–H and O–H groups in total. The molecule has 118 valence electrons. The van der Waals surface area contributed by atoms with Gasteiger partial charge in [-0.15, -0.1) is 0 Å². The van der Waals surface area contributed by atoms with Crippen molar-refractivity contribution in [3.05, 3.63) is 0 Å². The van der Waals surface area contributed by atoms with Crippen molar-refractivity contribution in [2.45, 2.75) is 46.3 Å². The highest BCUT2D eigenvalue weighted by molar-refractivity contribution is 5.76. The van der Waals surface area contributed by atoms with Crippen LogP contribution in [0.15, 0.2) is 0 Å². The van der Waals surface area contributed by atoms with Crippen molar-refractivity contribution in [3.63, 3.8) is 0 Å². The molecule has 0 bridgehead atoms. The number of rotatable bonds is 4. The van der Waals surface area contributed by atoms with E-state index in [2.05, 4.69) is 5.32 Å². The fraction of sp³-hybridized carbons (Fsp3) is 0.867. The summed E-state index contributed by atoms with van der Waals surface area (Å²) in [6.07, 6.45) is 0.997. The van der Waals surface area contributed by atoms with Crippen molar-refractivity contribution in [2.24, 2.45) is 11.8 Å². The fourth-order valence-electron chi connectivity index (χ4n) is 1.85. The average molecular weight is 286 g/mol. The third-order valence-electron chi connectivity index (χ3n) is 2.84. The van der Waals surface area contributed by atoms with Crippen LogP contribution in [0, 0.1) is 11.8 Å². The Bertz CT molecular complexity index is 297. The van der Waals surface area contributed by atoms with Gasteiger partial charge in [-0.1, -0.05) is 13.8 Å². The molecule has 1 fully saturated rings. The van der Waals surface area contributed by atoms with Gasteiger partial charge in [-0.05, 0) is 40.8 Å². The number of carbonyl (C=O) groups is 2. The van der Waals surface area contributed by atoms with E-state index in [1.54, 1.807) is 0 Å². The van der Waals surface area contributed by atoms with Crippen LogP contribution in [0.4, 0.5) is 0 Å². The highest BCUT2D eigenvalue weighted by atomic mass is 16.6. The fourth-order valence-corrected chi connectivity index (χ4v) is 1.85. The van der Waals surface area contributed by atoms with Gasteiger partial charge in [0.2, 0.25) is 0 Å². The Morgan fingerprint density at radius 2 is 1.80 bits per heavy atom. The van der Waals surface area contributed by atoms with Crippen molar-refractivity contribution >= 4 is 12.3 Å². The van der Waals surface area contributed by atoms with E-state index in [1.807, 2.05) is 53.6 Å². The summed E-state index contributed by atoms with van der Waals surface area (Å²) in [7, 11) is 3.79. The third kappa shape index (κ3) is 7.60. The Morgan fingerprint density at radius 3 is 1.95 bits per heavy atom. The summed E-state index contributed by atoms with van der Waals surface area (Å²) in [5.41, 5.74) is -0.403. The Labute approximate surface area is 123 Å². The van der Waals surface area contributed by atoms with Crippen LogP contribution >= 0.6 is 0 Å². The van der Waals surface area contributed by atoms with E-state index >= 15 is 0 Å². The molecule has 0 amide bonds. The number of aldehydes is 1. The summed E-state index contributed by atoms with van der Waals surface area (Å²) in [5, 5.41) is 2.98. The van der Waals surface area contributed by atoms with Gasteiger partial charge in [-0.25, -0.2) is 0 Å². The molecule has 5 nitrogen and oxygen atoms in total. The van der Waals surface area contributed by atoms with Gasteiger partial charge in [-0.2, -0.15) is 0 Å². The standard InChI is InChI=1S/C11H23NO2.C4H7NO/c1-8(2)9(12(6)7)10(13)14-11(3,4)5;6-3-4-1-5-2-4/h8-9H,1-7H3;3-5H,1-2H2. The quantitative estimate of drug-likeness (QED) is 0.624. The molecule has 0 spiro atoms. The predicted molar refractivity (Wildman–Crippen MR) is 80.6 cm³/mol. The summed E-state index contributed by atoms with van der Waals surface area (Å²) in [6, 6.07) is -0.158. The van der Waals surface area contributed by atoms with Gasteiger partial charge < -0.3 is 14.8 Å². The molecule has 0 aromatic carbocycles. The number of nitrogens with one attached hydrogen (secondary N) is 1. The zero-order chi connectivity index (χ0) is 15.9. The maximum atomic E-state index is 11.8. The summed E-state index contributed by atoms with van der Waals surface area (Å²) < 4.78 is 5.34. The Balaban J connectivity index is 0.000000493. The van der Waals surface area contributed by atoms with Gasteiger partial charge >= 0.3 is 5.97 Å². The lowest BCUT2D eigenvalue weighted by atomic mass is 10.0. The smallest absolute Gasteiger partial charge is 0.324 e. The molecule has 1 unspecified atom stereocenters. The van der Waals surface area contributed by atoms with E-state index in [4.69, 9.17) is 4.74 Å². The van der Waals surface area contributed by atoms with Gasteiger partial charge in [0.15, 0.2) is 0 Å². The number of hydrogen-bond acceptors (Lipinski definition) is 5. The Kier molecular flexibility index (Phi) is 7.98. The van der Waals surface area contributed by atoms with Gasteiger partial charge in [0.1, 0.15) is 17.9 Å². The van der Waals surface area contributed by atoms with Gasteiger partial charge in [0.05, 0.1) is 0 Å². The molecule has 1 rings (SSSR count). The topological polar surface area (TPSA) is 58.6 Å². The number of carbonyl (C=O) groups excluding carboxylic acids is 2. The van der Waals surface area contributed by atoms with Crippen LogP contribution in [0.5, 0.6) is 0 Å². The largest absolute Gasteiger partial charge is 0.459 e. The molecule has 5 heteroatoms. The average Bonchev–Trinajstić information content (AvgIpc) is 2.11. The highest BCUT2D eigenvalue weighted by Crippen LogP contribution is 2.14. The van der Waals surface area contributed by atoms with E-state index in [9.17, 15) is 9.59 Å². The van der Waals surface area contributed by atoms with E-state index in [0.717, 1.165) is 19.4 Å². The molecule has 20 heavy (non-hydrogen) atoms. The van der Waals surface area contributed by atoms with Gasteiger partial charge in [0.25, 0.3) is 0 Å². The Morgan fingerprint density at radius 1 is 1.30 bits per heavy atom. The van der Waals surface area contributed by atoms with Crippen LogP contribution in [-0.4, -0.2) is 56.0 Å². The first-order valence-corrected chi connectivity index (χ1v) is 7.13. The number of esters is 1. The molecule has 1 aliphatic rings. The number of likely N-dealkylation sites (N-methyl/N-ethyl adjacent to an activating group) is 1. The van der Waals surface area contributed by atoms with Crippen LogP contribution in [-0.2, 0) is 14.3 Å². The lowest BCUT2D eigenvalue weighted by Crippen LogP contribution is -2.43. The van der Waals surface area contributed by atoms with E-state index in [-0.39, 0.29) is 17.9 Å². The molecule has 0 aromatic rings. The minimum absolute atomic E-state index is 0.141. The summed E-state index contributed by atoms with van der Waals surface area (Å²) in [5.74, 6) is 0.447. The molecule has 0 radical (unpaired) electrons. The SMILES string of the molecule is CC(C)C(C(=O)OC(C)(C)C)N(C)C.O=CC1CNC1. The highest BCUT2D eigenvalue weighted by Gasteiger charge is 2.29. The van der Waals surface area contributed by atoms with Crippen LogP contribution in [0.3, 0.4) is 0 Å². The maximum Gasteiger partial charge on any atom is 0.324 e. The second-order valence-electron chi connectivity index (χ2n) is 6.74. The molecule has 0 aliphatic carbocycles. The second-order valence-corrected chi connectivity index (χ2v) is 6.74. The lowest BCUT2D eigenvalue weighted by Gasteiger charge is -2.29. The Hall–Kier alpha value is -0.940. The number of nitrogens with zero attached hydrogens (tertiary/aromatic N) is 1. The first-order valence-electron chi connectivity index (χ1n) is 7.13. The first kappa shape index (κ1) is 19.1. The molecule has 1 aliphatic heterocycles. The molecular weight excluding hydrogens is 256 g/mol. The summed E-state index contributed by atoms with van der Waals surface area (Å²) >= 11 is 0. The van der Waals surface area contributed by atoms with Gasteiger partial charge in [-0.3, -0.25) is 9.69 Å². The number of hydrogen-bond donors (Lipinski definition) is 1. The molecule has 0 aromatic heterocycles. The zero-order valence-electron chi connectivity index (χ0n) is 13.9. The molecule has 1 heterocycles. The van der Waals surface area contributed by atoms with Crippen molar-refractivity contribution in [3.8, 4) is 0 Å². The first-order chi connectivity index (χ1) is 9.08. The van der Waals surface area contributed by atoms with Crippen molar-refractivity contribution in [1.29, 1.82) is 0 Å². The van der Waals surface area contributed by atoms with Crippen LogP contribution < -0.4 is 5.32 Å². The lowest BCUT2D eigenvalue weighted by molar-refractivity contribution is -0.162. The van der Waals surface area contributed by atoms with Crippen molar-refractivity contribution in [1.82, 2.24) is 10.2 Å². The van der Waals surface area contributed by atoms with Crippen molar-refractivity contribution in [2.75, 3.05) is 27.2 Å². The van der Waals surface area contributed by atoms with E-state index < -0.39 is 5.60 Å². The zero-order valence-corrected chi connectivity index (χ0v) is 13.9. The molecular formula is C15H30N2O3. The minimum atomic E-state index is -0.403. The predicted octanol–water partition coefficient (Wildman–Crippen LogP) is 1.32. The second kappa shape index (κ2) is 8.37. The molecule has 1 atom stereocenters. The van der Waals surface area contributed by atoms with Crippen LogP contribution in [0.25, 0.3) is 0 Å². The number of ether oxygens (including phenoxy) is 1. The van der Waals surface area contributed by atoms with E-state index in [1.165, 1.54) is 0 Å². The summed E-state index contributed by atoms with van der Waals surface area (Å²) in [6.45, 7) is 11.5. The maximum absolute atomic E-state index is 11.8. The normalized spacial score (nSPS) is 17.1. The van der Waals surface area contributed by atoms with Crippen LogP contribution in [0.2, 0.25) is 0 Å². The summed E-state index contributed by atoms with van der Waals surface area (Å²) in [4.78, 5) is 23.4. The van der Waals surface area contributed by atoms with Crippen molar-refractivity contribution < 1.29 is 14.3 Å².